The summed E-state index contributed by atoms with van der Waals surface area (Å²) in [6.07, 6.45) is 0. The van der Waals surface area contributed by atoms with E-state index in [0.29, 0.717) is 0 Å². The van der Waals surface area contributed by atoms with Gasteiger partial charge in [0, 0.05) is 29.2 Å². The van der Waals surface area contributed by atoms with Gasteiger partial charge < -0.3 is 9.47 Å². The average molecular weight is 399 g/mol. The van der Waals surface area contributed by atoms with Crippen molar-refractivity contribution in [2.45, 2.75) is 0 Å². The fraction of sp³-hybridized carbons (Fsp3) is 0.0345. The van der Waals surface area contributed by atoms with Crippen LogP contribution >= 0.6 is 0 Å². The van der Waals surface area contributed by atoms with Gasteiger partial charge in [0.25, 0.3) is 0 Å². The Balaban J connectivity index is 1.67. The zero-order valence-corrected chi connectivity index (χ0v) is 17.4. The predicted octanol–water partition coefficient (Wildman–Crippen LogP) is 7.70. The highest BCUT2D eigenvalue weighted by molar-refractivity contribution is 6.15. The van der Waals surface area contributed by atoms with Crippen molar-refractivity contribution in [3.05, 3.63) is 115 Å². The molecule has 0 bridgehead atoms. The van der Waals surface area contributed by atoms with Gasteiger partial charge in [0.2, 0.25) is 0 Å². The van der Waals surface area contributed by atoms with Gasteiger partial charge in [-0.1, -0.05) is 72.8 Å². The molecule has 148 valence electrons. The van der Waals surface area contributed by atoms with Crippen LogP contribution in [0.25, 0.3) is 38.3 Å². The molecule has 0 aliphatic carbocycles. The Bertz CT molecular complexity index is 1540. The van der Waals surface area contributed by atoms with Gasteiger partial charge in [0.1, 0.15) is 0 Å². The van der Waals surface area contributed by atoms with Crippen molar-refractivity contribution in [2.75, 3.05) is 11.9 Å². The first-order valence-electron chi connectivity index (χ1n) is 10.6. The van der Waals surface area contributed by atoms with Gasteiger partial charge in [0.15, 0.2) is 0 Å². The van der Waals surface area contributed by atoms with Gasteiger partial charge in [-0.05, 0) is 53.2 Å². The number of hydrogen-bond acceptors (Lipinski definition) is 1. The molecule has 6 rings (SSSR count). The molecule has 0 saturated heterocycles. The molecule has 0 fully saturated rings. The molecule has 1 heterocycles. The molecule has 0 radical (unpaired) electrons. The molecular weight excluding hydrogens is 376 g/mol. The molecule has 0 atom stereocenters. The first kappa shape index (κ1) is 17.8. The lowest BCUT2D eigenvalue weighted by Gasteiger charge is -2.21. The van der Waals surface area contributed by atoms with Gasteiger partial charge >= 0.3 is 0 Å². The molecule has 0 aliphatic rings. The third kappa shape index (κ3) is 2.80. The number of rotatable bonds is 3. The molecule has 0 aliphatic heterocycles. The second-order valence-corrected chi connectivity index (χ2v) is 7.95. The highest BCUT2D eigenvalue weighted by atomic mass is 15.1. The van der Waals surface area contributed by atoms with Crippen molar-refractivity contribution >= 4 is 44.0 Å². The minimum atomic E-state index is 1.18. The summed E-state index contributed by atoms with van der Waals surface area (Å²) in [6.45, 7) is 0. The lowest BCUT2D eigenvalue weighted by molar-refractivity contribution is 1.18. The normalized spacial score (nSPS) is 11.4. The third-order valence-electron chi connectivity index (χ3n) is 6.17. The van der Waals surface area contributed by atoms with Crippen molar-refractivity contribution in [1.82, 2.24) is 4.57 Å². The maximum absolute atomic E-state index is 2.39. The highest BCUT2D eigenvalue weighted by Crippen LogP contribution is 2.39. The summed E-state index contributed by atoms with van der Waals surface area (Å²) in [4.78, 5) is 2.28. The molecule has 0 N–H and O–H groups in total. The monoisotopic (exact) mass is 398 g/mol. The molecule has 0 spiro atoms. The summed E-state index contributed by atoms with van der Waals surface area (Å²) in [7, 11) is 2.15. The SMILES string of the molecule is CN(c1ccccc1)c1cccc2c1c1ccccc1n2-c1ccc2ccccc2c1. The van der Waals surface area contributed by atoms with Crippen molar-refractivity contribution in [2.24, 2.45) is 0 Å². The second kappa shape index (κ2) is 7.03. The van der Waals surface area contributed by atoms with Gasteiger partial charge in [-0.3, -0.25) is 0 Å². The largest absolute Gasteiger partial charge is 0.344 e. The van der Waals surface area contributed by atoms with Crippen LogP contribution in [-0.4, -0.2) is 11.6 Å². The summed E-state index contributed by atoms with van der Waals surface area (Å²) in [5.41, 5.74) is 6.01. The Kier molecular flexibility index (Phi) is 4.03. The van der Waals surface area contributed by atoms with Crippen LogP contribution in [0.15, 0.2) is 115 Å². The predicted molar refractivity (Wildman–Crippen MR) is 133 cm³/mol. The van der Waals surface area contributed by atoms with E-state index >= 15 is 0 Å². The van der Waals surface area contributed by atoms with Crippen molar-refractivity contribution in [3.63, 3.8) is 0 Å². The van der Waals surface area contributed by atoms with Gasteiger partial charge in [0.05, 0.1) is 16.7 Å². The molecular formula is C29H22N2. The topological polar surface area (TPSA) is 8.17 Å². The average Bonchev–Trinajstić information content (AvgIpc) is 3.18. The van der Waals surface area contributed by atoms with Crippen molar-refractivity contribution < 1.29 is 0 Å². The summed E-state index contributed by atoms with van der Waals surface area (Å²) < 4.78 is 2.39. The highest BCUT2D eigenvalue weighted by Gasteiger charge is 2.17. The number of para-hydroxylation sites is 2. The van der Waals surface area contributed by atoms with Crippen LogP contribution in [0.2, 0.25) is 0 Å². The van der Waals surface area contributed by atoms with E-state index in [1.807, 2.05) is 0 Å². The number of aromatic nitrogens is 1. The second-order valence-electron chi connectivity index (χ2n) is 7.95. The van der Waals surface area contributed by atoms with Crippen LogP contribution in [0.1, 0.15) is 0 Å². The summed E-state index contributed by atoms with van der Waals surface area (Å²) in [5.74, 6) is 0. The Labute approximate surface area is 181 Å². The van der Waals surface area contributed by atoms with Gasteiger partial charge in [-0.25, -0.2) is 0 Å². The zero-order chi connectivity index (χ0) is 20.8. The molecule has 31 heavy (non-hydrogen) atoms. The fourth-order valence-corrected chi connectivity index (χ4v) is 4.66. The van der Waals surface area contributed by atoms with E-state index < -0.39 is 0 Å². The summed E-state index contributed by atoms with van der Waals surface area (Å²) >= 11 is 0. The van der Waals surface area contributed by atoms with E-state index in [1.54, 1.807) is 0 Å². The van der Waals surface area contributed by atoms with E-state index in [9.17, 15) is 0 Å². The number of hydrogen-bond donors (Lipinski definition) is 0. The molecule has 0 unspecified atom stereocenters. The van der Waals surface area contributed by atoms with Crippen LogP contribution in [-0.2, 0) is 0 Å². The van der Waals surface area contributed by atoms with Crippen LogP contribution in [0, 0.1) is 0 Å². The van der Waals surface area contributed by atoms with Crippen LogP contribution in [0.4, 0.5) is 11.4 Å². The number of anilines is 2. The smallest absolute Gasteiger partial charge is 0.0562 e. The minimum absolute atomic E-state index is 1.18. The Hall–Kier alpha value is -4.04. The molecule has 0 saturated carbocycles. The van der Waals surface area contributed by atoms with E-state index in [2.05, 4.69) is 132 Å². The van der Waals surface area contributed by atoms with Crippen molar-refractivity contribution in [3.8, 4) is 5.69 Å². The lowest BCUT2D eigenvalue weighted by Crippen LogP contribution is -2.09. The number of nitrogens with zero attached hydrogens (tertiary/aromatic N) is 2. The Morgan fingerprint density at radius 3 is 2.16 bits per heavy atom. The van der Waals surface area contributed by atoms with Gasteiger partial charge in [-0.15, -0.1) is 0 Å². The van der Waals surface area contributed by atoms with E-state index in [4.69, 9.17) is 0 Å². The molecule has 2 heteroatoms. The quantitative estimate of drug-likeness (QED) is 0.296. The van der Waals surface area contributed by atoms with Crippen LogP contribution in [0.3, 0.4) is 0 Å². The third-order valence-corrected chi connectivity index (χ3v) is 6.17. The van der Waals surface area contributed by atoms with E-state index in [0.717, 1.165) is 0 Å². The molecule has 5 aromatic carbocycles. The lowest BCUT2D eigenvalue weighted by atomic mass is 10.1. The Morgan fingerprint density at radius 1 is 0.581 bits per heavy atom. The zero-order valence-electron chi connectivity index (χ0n) is 17.4. The number of fused-ring (bicyclic) bond motifs is 4. The van der Waals surface area contributed by atoms with Crippen LogP contribution in [0.5, 0.6) is 0 Å². The molecule has 1 aromatic heterocycles. The van der Waals surface area contributed by atoms with E-state index in [1.165, 1.54) is 49.6 Å². The Morgan fingerprint density at radius 2 is 1.29 bits per heavy atom. The molecule has 6 aromatic rings. The maximum atomic E-state index is 2.39. The maximum Gasteiger partial charge on any atom is 0.0562 e. The summed E-state index contributed by atoms with van der Waals surface area (Å²) in [5, 5.41) is 5.06. The first-order valence-corrected chi connectivity index (χ1v) is 10.6. The summed E-state index contributed by atoms with van der Waals surface area (Å²) in [6, 6.07) is 41.1. The van der Waals surface area contributed by atoms with Gasteiger partial charge in [-0.2, -0.15) is 0 Å². The molecule has 0 amide bonds. The minimum Gasteiger partial charge on any atom is -0.344 e. The fourth-order valence-electron chi connectivity index (χ4n) is 4.66. The van der Waals surface area contributed by atoms with E-state index in [-0.39, 0.29) is 0 Å². The molecule has 2 nitrogen and oxygen atoms in total. The van der Waals surface area contributed by atoms with Crippen LogP contribution < -0.4 is 4.90 Å². The number of benzene rings is 5. The van der Waals surface area contributed by atoms with Crippen molar-refractivity contribution in [1.29, 1.82) is 0 Å². The first-order chi connectivity index (χ1) is 15.3. The standard InChI is InChI=1S/C29H22N2/c1-30(23-12-3-2-4-13-23)27-16-9-17-28-29(27)25-14-7-8-15-26(25)31(28)24-19-18-21-10-5-6-11-22(21)20-24/h2-20H,1H3.